The number of hydrogen-bond donors (Lipinski definition) is 2. The molecule has 0 heterocycles. The van der Waals surface area contributed by atoms with E-state index in [1.165, 1.54) is 6.08 Å². The molecule has 0 fully saturated rings. The lowest BCUT2D eigenvalue weighted by atomic mass is 10.2. The first-order valence-electron chi connectivity index (χ1n) is 6.11. The van der Waals surface area contributed by atoms with Crippen molar-refractivity contribution in [1.29, 1.82) is 0 Å². The van der Waals surface area contributed by atoms with Crippen LogP contribution in [-0.4, -0.2) is 23.7 Å². The van der Waals surface area contributed by atoms with E-state index in [0.717, 1.165) is 5.56 Å². The molecule has 2 N–H and O–H groups in total. The number of carbonyl (C=O) groups is 1. The predicted octanol–water partition coefficient (Wildman–Crippen LogP) is 3.28. The van der Waals surface area contributed by atoms with Gasteiger partial charge in [0.05, 0.1) is 6.10 Å². The molecule has 1 rings (SSSR count). The molecule has 0 radical (unpaired) electrons. The number of rotatable bonds is 6. The van der Waals surface area contributed by atoms with E-state index in [1.54, 1.807) is 24.3 Å². The summed E-state index contributed by atoms with van der Waals surface area (Å²) in [6.45, 7) is 2.35. The van der Waals surface area contributed by atoms with E-state index < -0.39 is 0 Å². The molecule has 104 valence electrons. The van der Waals surface area contributed by atoms with Crippen LogP contribution in [0.2, 0.25) is 10.0 Å². The Kier molecular flexibility index (Phi) is 6.92. The molecule has 0 saturated heterocycles. The zero-order valence-corrected chi connectivity index (χ0v) is 12.2. The van der Waals surface area contributed by atoms with Gasteiger partial charge in [0.15, 0.2) is 0 Å². The fraction of sp³-hybridized carbons (Fsp3) is 0.357. The van der Waals surface area contributed by atoms with Crippen LogP contribution in [0.3, 0.4) is 0 Å². The molecule has 19 heavy (non-hydrogen) atoms. The Morgan fingerprint density at radius 2 is 2.00 bits per heavy atom. The minimum atomic E-state index is -0.365. The fourth-order valence-corrected chi connectivity index (χ4v) is 2.01. The molecule has 1 atom stereocenters. The maximum absolute atomic E-state index is 11.5. The van der Waals surface area contributed by atoms with Gasteiger partial charge in [-0.05, 0) is 42.7 Å². The van der Waals surface area contributed by atoms with Crippen LogP contribution < -0.4 is 5.32 Å². The van der Waals surface area contributed by atoms with E-state index >= 15 is 0 Å². The highest BCUT2D eigenvalue weighted by Crippen LogP contribution is 2.19. The van der Waals surface area contributed by atoms with Crippen LogP contribution in [0.5, 0.6) is 0 Å². The summed E-state index contributed by atoms with van der Waals surface area (Å²) in [7, 11) is 0. The van der Waals surface area contributed by atoms with Gasteiger partial charge in [-0.2, -0.15) is 0 Å². The second-order valence-corrected chi connectivity index (χ2v) is 5.05. The van der Waals surface area contributed by atoms with Crippen LogP contribution >= 0.6 is 23.2 Å². The van der Waals surface area contributed by atoms with Crippen LogP contribution in [-0.2, 0) is 4.79 Å². The smallest absolute Gasteiger partial charge is 0.244 e. The molecule has 0 bridgehead atoms. The molecule has 0 spiro atoms. The van der Waals surface area contributed by atoms with E-state index in [1.807, 2.05) is 6.92 Å². The standard InChI is InChI=1S/C14H17Cl2NO2/c1-2-13(18)5-6-17-14(19)4-3-10-7-11(15)9-12(16)8-10/h3-4,7-9,13,18H,2,5-6H2,1H3,(H,17,19)/b4-3+. The second-order valence-electron chi connectivity index (χ2n) is 4.18. The normalized spacial score (nSPS) is 12.6. The summed E-state index contributed by atoms with van der Waals surface area (Å²) in [6.07, 6.45) is 3.94. The maximum atomic E-state index is 11.5. The van der Waals surface area contributed by atoms with Crippen molar-refractivity contribution in [3.05, 3.63) is 39.9 Å². The number of nitrogens with one attached hydrogen (secondary N) is 1. The molecule has 1 unspecified atom stereocenters. The van der Waals surface area contributed by atoms with Crippen molar-refractivity contribution < 1.29 is 9.90 Å². The highest BCUT2D eigenvalue weighted by Gasteiger charge is 2.01. The monoisotopic (exact) mass is 301 g/mol. The first-order valence-corrected chi connectivity index (χ1v) is 6.87. The summed E-state index contributed by atoms with van der Waals surface area (Å²) >= 11 is 11.7. The van der Waals surface area contributed by atoms with Gasteiger partial charge in [0.2, 0.25) is 5.91 Å². The Labute approximate surface area is 123 Å². The van der Waals surface area contributed by atoms with Gasteiger partial charge < -0.3 is 10.4 Å². The zero-order valence-electron chi connectivity index (χ0n) is 10.7. The zero-order chi connectivity index (χ0) is 14.3. The van der Waals surface area contributed by atoms with E-state index in [2.05, 4.69) is 5.32 Å². The molecule has 1 aromatic carbocycles. The van der Waals surface area contributed by atoms with Crippen molar-refractivity contribution in [2.24, 2.45) is 0 Å². The Balaban J connectivity index is 2.45. The average Bonchev–Trinajstić information content (AvgIpc) is 2.35. The Bertz CT molecular complexity index is 441. The number of carbonyl (C=O) groups excluding carboxylic acids is 1. The highest BCUT2D eigenvalue weighted by atomic mass is 35.5. The van der Waals surface area contributed by atoms with Crippen LogP contribution in [0.1, 0.15) is 25.3 Å². The Hall–Kier alpha value is -1.03. The first kappa shape index (κ1) is 16.0. The van der Waals surface area contributed by atoms with Gasteiger partial charge in [-0.15, -0.1) is 0 Å². The molecule has 0 aromatic heterocycles. The van der Waals surface area contributed by atoms with Crippen molar-refractivity contribution in [3.8, 4) is 0 Å². The second kappa shape index (κ2) is 8.20. The lowest BCUT2D eigenvalue weighted by molar-refractivity contribution is -0.116. The Morgan fingerprint density at radius 1 is 1.37 bits per heavy atom. The van der Waals surface area contributed by atoms with Gasteiger partial charge >= 0.3 is 0 Å². The van der Waals surface area contributed by atoms with Crippen LogP contribution in [0.4, 0.5) is 0 Å². The number of aliphatic hydroxyl groups is 1. The summed E-state index contributed by atoms with van der Waals surface area (Å²) in [6, 6.07) is 5.07. The molecular weight excluding hydrogens is 285 g/mol. The third-order valence-corrected chi connectivity index (χ3v) is 3.00. The summed E-state index contributed by atoms with van der Waals surface area (Å²) < 4.78 is 0. The SMILES string of the molecule is CCC(O)CCNC(=O)/C=C/c1cc(Cl)cc(Cl)c1. The van der Waals surface area contributed by atoms with Crippen LogP contribution in [0.15, 0.2) is 24.3 Å². The summed E-state index contributed by atoms with van der Waals surface area (Å²) in [5.41, 5.74) is 0.765. The molecule has 0 aliphatic carbocycles. The van der Waals surface area contributed by atoms with Crippen LogP contribution in [0, 0.1) is 0 Å². The number of aliphatic hydroxyl groups excluding tert-OH is 1. The van der Waals surface area contributed by atoms with Gasteiger partial charge in [0.1, 0.15) is 0 Å². The number of amides is 1. The van der Waals surface area contributed by atoms with Crippen molar-refractivity contribution >= 4 is 35.2 Å². The van der Waals surface area contributed by atoms with Crippen molar-refractivity contribution in [2.75, 3.05) is 6.54 Å². The number of halogens is 2. The predicted molar refractivity (Wildman–Crippen MR) is 79.4 cm³/mol. The van der Waals surface area contributed by atoms with E-state index in [-0.39, 0.29) is 12.0 Å². The van der Waals surface area contributed by atoms with Gasteiger partial charge in [-0.1, -0.05) is 30.1 Å². The largest absolute Gasteiger partial charge is 0.393 e. The topological polar surface area (TPSA) is 49.3 Å². The number of benzene rings is 1. The van der Waals surface area contributed by atoms with Gasteiger partial charge in [-0.25, -0.2) is 0 Å². The maximum Gasteiger partial charge on any atom is 0.244 e. The molecule has 0 saturated carbocycles. The lowest BCUT2D eigenvalue weighted by Gasteiger charge is -2.07. The van der Waals surface area contributed by atoms with Gasteiger partial charge in [-0.3, -0.25) is 4.79 Å². The molecule has 0 aliphatic heterocycles. The van der Waals surface area contributed by atoms with Crippen molar-refractivity contribution in [1.82, 2.24) is 5.32 Å². The Morgan fingerprint density at radius 3 is 2.58 bits per heavy atom. The van der Waals surface area contributed by atoms with E-state index in [0.29, 0.717) is 29.4 Å². The lowest BCUT2D eigenvalue weighted by Crippen LogP contribution is -2.25. The third kappa shape index (κ3) is 6.62. The molecular formula is C14H17Cl2NO2. The van der Waals surface area contributed by atoms with E-state index in [9.17, 15) is 9.90 Å². The summed E-state index contributed by atoms with van der Waals surface area (Å²) in [4.78, 5) is 11.5. The average molecular weight is 302 g/mol. The number of hydrogen-bond acceptors (Lipinski definition) is 2. The quantitative estimate of drug-likeness (QED) is 0.792. The third-order valence-electron chi connectivity index (χ3n) is 2.56. The molecule has 3 nitrogen and oxygen atoms in total. The van der Waals surface area contributed by atoms with Gasteiger partial charge in [0.25, 0.3) is 0 Å². The molecule has 1 aromatic rings. The fourth-order valence-electron chi connectivity index (χ4n) is 1.47. The summed E-state index contributed by atoms with van der Waals surface area (Å²) in [5, 5.41) is 13.1. The molecule has 5 heteroatoms. The minimum absolute atomic E-state index is 0.209. The molecule has 1 amide bonds. The van der Waals surface area contributed by atoms with Crippen molar-refractivity contribution in [3.63, 3.8) is 0 Å². The van der Waals surface area contributed by atoms with Crippen molar-refractivity contribution in [2.45, 2.75) is 25.9 Å². The summed E-state index contributed by atoms with van der Waals surface area (Å²) in [5.74, 6) is -0.209. The molecule has 0 aliphatic rings. The van der Waals surface area contributed by atoms with Crippen LogP contribution in [0.25, 0.3) is 6.08 Å². The van der Waals surface area contributed by atoms with E-state index in [4.69, 9.17) is 23.2 Å². The van der Waals surface area contributed by atoms with Gasteiger partial charge in [0, 0.05) is 22.7 Å². The first-order chi connectivity index (χ1) is 9.01. The minimum Gasteiger partial charge on any atom is -0.393 e. The highest BCUT2D eigenvalue weighted by molar-refractivity contribution is 6.34.